The maximum absolute atomic E-state index is 11.7. The summed E-state index contributed by atoms with van der Waals surface area (Å²) in [6.07, 6.45) is 2.33. The quantitative estimate of drug-likeness (QED) is 0.790. The van der Waals surface area contributed by atoms with Crippen molar-refractivity contribution in [3.05, 3.63) is 23.8 Å². The summed E-state index contributed by atoms with van der Waals surface area (Å²) in [4.78, 5) is 0. The molecule has 4 nitrogen and oxygen atoms in total. The van der Waals surface area contributed by atoms with Crippen molar-refractivity contribution in [1.82, 2.24) is 0 Å². The minimum Gasteiger partial charge on any atom is -0.454 e. The van der Waals surface area contributed by atoms with Gasteiger partial charge in [0.1, 0.15) is 11.0 Å². The Bertz CT molecular complexity index is 491. The molecule has 0 saturated heterocycles. The van der Waals surface area contributed by atoms with Crippen molar-refractivity contribution >= 4 is 17.2 Å². The highest BCUT2D eigenvalue weighted by molar-refractivity contribution is 7.85. The Labute approximate surface area is 110 Å². The maximum atomic E-state index is 11.7. The Hall–Kier alpha value is -1.36. The molecule has 0 amide bonds. The number of hydrogen-bond acceptors (Lipinski definition) is 3. The molecule has 1 aliphatic heterocycles. The van der Waals surface area contributed by atoms with Crippen molar-refractivity contribution in [1.29, 1.82) is 0 Å². The molecule has 2 rings (SSSR count). The van der Waals surface area contributed by atoms with Gasteiger partial charge in [-0.1, -0.05) is 6.07 Å². The van der Waals surface area contributed by atoms with Crippen molar-refractivity contribution in [2.75, 3.05) is 6.79 Å². The van der Waals surface area contributed by atoms with Crippen LogP contribution in [0.5, 0.6) is 11.5 Å². The molecule has 0 spiro atoms. The minimum atomic E-state index is -1.20. The van der Waals surface area contributed by atoms with Crippen LogP contribution in [0.1, 0.15) is 26.3 Å². The molecule has 18 heavy (non-hydrogen) atoms. The lowest BCUT2D eigenvalue weighted by atomic mass is 10.1. The van der Waals surface area contributed by atoms with Gasteiger partial charge in [0.2, 0.25) is 6.79 Å². The molecule has 98 valence electrons. The molecule has 0 saturated carbocycles. The number of rotatable bonds is 3. The Kier molecular flexibility index (Phi) is 3.71. The first-order valence-corrected chi connectivity index (χ1v) is 6.90. The first-order chi connectivity index (χ1) is 8.47. The standard InChI is InChI=1S/C13H17NO3S/c1-13(2,3)18(15)14-7-6-10-4-5-11-12(8-10)17-9-16-11/h4-5,7-8H,6,9H2,1-3H3/b14-7+/t18-/m1/s1. The highest BCUT2D eigenvalue weighted by Gasteiger charge is 2.18. The van der Waals surface area contributed by atoms with E-state index in [0.29, 0.717) is 6.42 Å². The van der Waals surface area contributed by atoms with Gasteiger partial charge in [0.05, 0.1) is 4.75 Å². The molecular weight excluding hydrogens is 250 g/mol. The Morgan fingerprint density at radius 3 is 2.78 bits per heavy atom. The first kappa shape index (κ1) is 13.1. The van der Waals surface area contributed by atoms with Crippen LogP contribution < -0.4 is 9.47 Å². The predicted octanol–water partition coefficient (Wildman–Crippen LogP) is 2.49. The monoisotopic (exact) mass is 267 g/mol. The van der Waals surface area contributed by atoms with Gasteiger partial charge in [-0.2, -0.15) is 4.40 Å². The zero-order chi connectivity index (χ0) is 13.2. The van der Waals surface area contributed by atoms with Crippen LogP contribution >= 0.6 is 0 Å². The van der Waals surface area contributed by atoms with Crippen LogP contribution in [0.15, 0.2) is 22.6 Å². The number of fused-ring (bicyclic) bond motifs is 1. The SMILES string of the molecule is CC(C)(C)[S@@](=O)/N=C/Cc1ccc2c(c1)OCO2. The first-order valence-electron chi connectivity index (χ1n) is 5.80. The summed E-state index contributed by atoms with van der Waals surface area (Å²) in [5.41, 5.74) is 1.06. The van der Waals surface area contributed by atoms with Crippen molar-refractivity contribution < 1.29 is 13.7 Å². The van der Waals surface area contributed by atoms with Gasteiger partial charge < -0.3 is 9.47 Å². The molecule has 0 bridgehead atoms. The highest BCUT2D eigenvalue weighted by Crippen LogP contribution is 2.32. The fourth-order valence-corrected chi connectivity index (χ4v) is 1.96. The molecular formula is C13H17NO3S. The van der Waals surface area contributed by atoms with E-state index in [1.54, 1.807) is 6.21 Å². The summed E-state index contributed by atoms with van der Waals surface area (Å²) in [5, 5.41) is 0. The van der Waals surface area contributed by atoms with Crippen LogP contribution in [-0.2, 0) is 17.4 Å². The average Bonchev–Trinajstić information content (AvgIpc) is 2.74. The molecule has 5 heteroatoms. The zero-order valence-electron chi connectivity index (χ0n) is 10.8. The second-order valence-electron chi connectivity index (χ2n) is 5.04. The smallest absolute Gasteiger partial charge is 0.231 e. The number of nitrogens with zero attached hydrogens (tertiary/aromatic N) is 1. The van der Waals surface area contributed by atoms with E-state index in [2.05, 4.69) is 4.40 Å². The van der Waals surface area contributed by atoms with Crippen LogP contribution in [0.2, 0.25) is 0 Å². The molecule has 0 N–H and O–H groups in total. The van der Waals surface area contributed by atoms with Crippen LogP contribution in [-0.4, -0.2) is 22.0 Å². The van der Waals surface area contributed by atoms with Crippen LogP contribution in [0.25, 0.3) is 0 Å². The lowest BCUT2D eigenvalue weighted by Gasteiger charge is -2.12. The van der Waals surface area contributed by atoms with Gasteiger partial charge in [-0.25, -0.2) is 4.21 Å². The molecule has 0 unspecified atom stereocenters. The van der Waals surface area contributed by atoms with Crippen molar-refractivity contribution in [3.63, 3.8) is 0 Å². The summed E-state index contributed by atoms with van der Waals surface area (Å²) >= 11 is 0. The van der Waals surface area contributed by atoms with E-state index in [9.17, 15) is 4.21 Å². The van der Waals surface area contributed by atoms with E-state index < -0.39 is 11.0 Å². The van der Waals surface area contributed by atoms with E-state index in [1.807, 2.05) is 39.0 Å². The normalized spacial score (nSPS) is 16.2. The summed E-state index contributed by atoms with van der Waals surface area (Å²) in [5.74, 6) is 1.53. The molecule has 1 aliphatic rings. The summed E-state index contributed by atoms with van der Waals surface area (Å²) < 4.78 is 26.0. The third-order valence-corrected chi connectivity index (χ3v) is 3.85. The number of ether oxygens (including phenoxy) is 2. The third-order valence-electron chi connectivity index (χ3n) is 2.46. The highest BCUT2D eigenvalue weighted by atomic mass is 32.2. The largest absolute Gasteiger partial charge is 0.454 e. The van der Waals surface area contributed by atoms with E-state index in [-0.39, 0.29) is 11.5 Å². The fourth-order valence-electron chi connectivity index (χ4n) is 1.44. The van der Waals surface area contributed by atoms with Gasteiger partial charge >= 0.3 is 0 Å². The maximum Gasteiger partial charge on any atom is 0.231 e. The van der Waals surface area contributed by atoms with Crippen molar-refractivity contribution in [2.24, 2.45) is 4.40 Å². The molecule has 1 atom stereocenters. The Morgan fingerprint density at radius 2 is 2.06 bits per heavy atom. The fraction of sp³-hybridized carbons (Fsp3) is 0.462. The number of benzene rings is 1. The van der Waals surface area contributed by atoms with Crippen LogP contribution in [0.4, 0.5) is 0 Å². The van der Waals surface area contributed by atoms with Gasteiger partial charge in [0.25, 0.3) is 0 Å². The Morgan fingerprint density at radius 1 is 1.33 bits per heavy atom. The van der Waals surface area contributed by atoms with Crippen LogP contribution in [0, 0.1) is 0 Å². The zero-order valence-corrected chi connectivity index (χ0v) is 11.6. The summed E-state index contributed by atoms with van der Waals surface area (Å²) in [6, 6.07) is 5.76. The van der Waals surface area contributed by atoms with E-state index in [4.69, 9.17) is 9.47 Å². The van der Waals surface area contributed by atoms with Gasteiger partial charge in [-0.15, -0.1) is 0 Å². The average molecular weight is 267 g/mol. The van der Waals surface area contributed by atoms with E-state index in [1.165, 1.54) is 0 Å². The predicted molar refractivity (Wildman–Crippen MR) is 72.7 cm³/mol. The van der Waals surface area contributed by atoms with Gasteiger partial charge in [0.15, 0.2) is 11.5 Å². The number of hydrogen-bond donors (Lipinski definition) is 0. The molecule has 1 aromatic carbocycles. The lowest BCUT2D eigenvalue weighted by Crippen LogP contribution is -2.19. The molecule has 0 radical (unpaired) electrons. The second-order valence-corrected chi connectivity index (χ2v) is 6.98. The molecule has 1 heterocycles. The third kappa shape index (κ3) is 3.10. The van der Waals surface area contributed by atoms with Crippen molar-refractivity contribution in [3.8, 4) is 11.5 Å². The lowest BCUT2D eigenvalue weighted by molar-refractivity contribution is 0.174. The molecule has 0 aromatic heterocycles. The minimum absolute atomic E-state index is 0.279. The topological polar surface area (TPSA) is 47.9 Å². The van der Waals surface area contributed by atoms with E-state index >= 15 is 0 Å². The summed E-state index contributed by atoms with van der Waals surface area (Å²) in [6.45, 7) is 5.99. The van der Waals surface area contributed by atoms with Gasteiger partial charge in [0, 0.05) is 12.6 Å². The molecule has 0 aliphatic carbocycles. The van der Waals surface area contributed by atoms with Crippen molar-refractivity contribution in [2.45, 2.75) is 31.9 Å². The van der Waals surface area contributed by atoms with Gasteiger partial charge in [-0.3, -0.25) is 0 Å². The van der Waals surface area contributed by atoms with Gasteiger partial charge in [-0.05, 0) is 38.5 Å². The molecule has 1 aromatic rings. The Balaban J connectivity index is 1.99. The molecule has 0 fully saturated rings. The summed E-state index contributed by atoms with van der Waals surface area (Å²) in [7, 11) is -1.20. The van der Waals surface area contributed by atoms with E-state index in [0.717, 1.165) is 17.1 Å². The second kappa shape index (κ2) is 5.10. The van der Waals surface area contributed by atoms with Crippen LogP contribution in [0.3, 0.4) is 0 Å².